The zero-order valence-electron chi connectivity index (χ0n) is 19.4. The number of likely N-dealkylation sites (tertiary alicyclic amines) is 1. The number of carboxylic acids is 1. The molecule has 3 aliphatic carbocycles. The number of benzene rings is 3. The van der Waals surface area contributed by atoms with E-state index in [1.54, 1.807) is 0 Å². The molecule has 0 radical (unpaired) electrons. The highest BCUT2D eigenvalue weighted by molar-refractivity contribution is 6.36. The van der Waals surface area contributed by atoms with E-state index in [9.17, 15) is 19.2 Å². The van der Waals surface area contributed by atoms with Crippen molar-refractivity contribution in [1.29, 1.82) is 0 Å². The van der Waals surface area contributed by atoms with Gasteiger partial charge < -0.3 is 10.4 Å². The second-order valence-corrected chi connectivity index (χ2v) is 10.8. The highest BCUT2D eigenvalue weighted by Crippen LogP contribution is 2.69. The van der Waals surface area contributed by atoms with Crippen molar-refractivity contribution in [3.8, 4) is 0 Å². The minimum Gasteiger partial charge on any atom is -0.478 e. The number of amides is 3. The first-order valence-electron chi connectivity index (χ1n) is 11.7. The van der Waals surface area contributed by atoms with E-state index < -0.39 is 51.3 Å². The smallest absolute Gasteiger partial charge is 0.335 e. The van der Waals surface area contributed by atoms with Gasteiger partial charge in [0.05, 0.1) is 17.4 Å². The summed E-state index contributed by atoms with van der Waals surface area (Å²) in [6.45, 7) is 1.47. The average molecular weight is 535 g/mol. The fourth-order valence-electron chi connectivity index (χ4n) is 6.13. The summed E-state index contributed by atoms with van der Waals surface area (Å²) in [5.41, 5.74) is 3.14. The van der Waals surface area contributed by atoms with E-state index in [1.165, 1.54) is 31.2 Å². The number of alkyl halides is 2. The molecule has 2 bridgehead atoms. The van der Waals surface area contributed by atoms with Crippen LogP contribution in [0, 0.1) is 11.8 Å². The van der Waals surface area contributed by atoms with Crippen LogP contribution in [-0.2, 0) is 24.1 Å². The van der Waals surface area contributed by atoms with Gasteiger partial charge in [-0.05, 0) is 53.4 Å². The van der Waals surface area contributed by atoms with Crippen LogP contribution in [0.3, 0.4) is 0 Å². The molecule has 3 atom stereocenters. The molecule has 4 aliphatic rings. The van der Waals surface area contributed by atoms with Gasteiger partial charge in [-0.2, -0.15) is 0 Å². The number of carboxylic acid groups (broad SMARTS) is 1. The molecule has 0 unspecified atom stereocenters. The largest absolute Gasteiger partial charge is 0.478 e. The summed E-state index contributed by atoms with van der Waals surface area (Å²) in [4.78, 5) is 50.5. The lowest BCUT2D eigenvalue weighted by molar-refractivity contribution is -0.146. The van der Waals surface area contributed by atoms with E-state index in [4.69, 9.17) is 28.3 Å². The van der Waals surface area contributed by atoms with Crippen LogP contribution in [0.15, 0.2) is 72.8 Å². The van der Waals surface area contributed by atoms with Gasteiger partial charge in [0.25, 0.3) is 0 Å². The van der Waals surface area contributed by atoms with E-state index in [-0.39, 0.29) is 5.56 Å². The van der Waals surface area contributed by atoms with Crippen LogP contribution in [0.4, 0.5) is 5.69 Å². The molecule has 1 aliphatic heterocycles. The van der Waals surface area contributed by atoms with E-state index in [2.05, 4.69) is 5.32 Å². The quantitative estimate of drug-likeness (QED) is 0.383. The van der Waals surface area contributed by atoms with Crippen molar-refractivity contribution in [2.24, 2.45) is 11.8 Å². The summed E-state index contributed by atoms with van der Waals surface area (Å²) in [5, 5.41) is 11.7. The van der Waals surface area contributed by atoms with Crippen molar-refractivity contribution < 1.29 is 24.3 Å². The van der Waals surface area contributed by atoms with Gasteiger partial charge in [0.2, 0.25) is 17.7 Å². The molecule has 0 saturated carbocycles. The highest BCUT2D eigenvalue weighted by atomic mass is 35.5. The molecule has 2 N–H and O–H groups in total. The molecule has 3 aromatic carbocycles. The number of nitrogens with one attached hydrogen (secondary N) is 1. The Morgan fingerprint density at radius 3 is 1.59 bits per heavy atom. The molecule has 37 heavy (non-hydrogen) atoms. The first kappa shape index (κ1) is 23.7. The van der Waals surface area contributed by atoms with Crippen LogP contribution in [0.5, 0.6) is 0 Å². The lowest BCUT2D eigenvalue weighted by atomic mass is 9.54. The van der Waals surface area contributed by atoms with Crippen molar-refractivity contribution in [2.75, 3.05) is 5.32 Å². The summed E-state index contributed by atoms with van der Waals surface area (Å²) in [5.74, 6) is -4.78. The third-order valence-corrected chi connectivity index (χ3v) is 9.07. The number of halogens is 2. The number of nitrogens with zero attached hydrogens (tertiary/aromatic N) is 1. The lowest BCUT2D eigenvalue weighted by Crippen LogP contribution is -2.57. The van der Waals surface area contributed by atoms with Crippen molar-refractivity contribution in [3.05, 3.63) is 101 Å². The molecule has 1 saturated heterocycles. The van der Waals surface area contributed by atoms with Gasteiger partial charge in [-0.1, -0.05) is 48.5 Å². The number of aromatic carboxylic acids is 1. The summed E-state index contributed by atoms with van der Waals surface area (Å²) in [6.07, 6.45) is 0. The summed E-state index contributed by atoms with van der Waals surface area (Å²) >= 11 is 14.8. The molecule has 186 valence electrons. The molecular formula is C28H20Cl2N2O5. The third-order valence-electron chi connectivity index (χ3n) is 7.79. The second-order valence-electron chi connectivity index (χ2n) is 9.56. The van der Waals surface area contributed by atoms with E-state index in [0.717, 1.165) is 4.90 Å². The van der Waals surface area contributed by atoms with Crippen molar-refractivity contribution in [3.63, 3.8) is 0 Å². The van der Waals surface area contributed by atoms with Gasteiger partial charge in [0.15, 0.2) is 0 Å². The Morgan fingerprint density at radius 1 is 0.811 bits per heavy atom. The Morgan fingerprint density at radius 2 is 1.22 bits per heavy atom. The fourth-order valence-corrected chi connectivity index (χ4v) is 7.23. The third kappa shape index (κ3) is 2.95. The number of imide groups is 1. The number of carbonyl (C=O) groups excluding carboxylic acids is 3. The van der Waals surface area contributed by atoms with Gasteiger partial charge >= 0.3 is 5.97 Å². The highest BCUT2D eigenvalue weighted by Gasteiger charge is 2.73. The number of rotatable bonds is 4. The minimum absolute atomic E-state index is 0.0643. The minimum atomic E-state index is -1.32. The Labute approximate surface area is 222 Å². The van der Waals surface area contributed by atoms with Crippen LogP contribution in [0.2, 0.25) is 0 Å². The predicted molar refractivity (Wildman–Crippen MR) is 136 cm³/mol. The maximum atomic E-state index is 13.9. The zero-order chi connectivity index (χ0) is 26.3. The fraction of sp³-hybridized carbons (Fsp3) is 0.214. The van der Waals surface area contributed by atoms with Gasteiger partial charge in [0.1, 0.15) is 15.8 Å². The maximum Gasteiger partial charge on any atom is 0.335 e. The molecule has 7 nitrogen and oxygen atoms in total. The van der Waals surface area contributed by atoms with Gasteiger partial charge in [-0.3, -0.25) is 19.3 Å². The van der Waals surface area contributed by atoms with Crippen LogP contribution < -0.4 is 5.32 Å². The van der Waals surface area contributed by atoms with Crippen molar-refractivity contribution in [1.82, 2.24) is 4.90 Å². The lowest BCUT2D eigenvalue weighted by Gasteiger charge is -2.54. The van der Waals surface area contributed by atoms with Crippen LogP contribution in [0.1, 0.15) is 39.5 Å². The monoisotopic (exact) mass is 534 g/mol. The second kappa shape index (κ2) is 7.91. The number of hydrogen-bond donors (Lipinski definition) is 2. The number of anilines is 1. The SMILES string of the molecule is C[C@@H](C(=O)Nc1ccc(C(=O)O)cc1)N1C(=O)[C@@H]2[C@H](C1=O)C1(Cl)c3ccccc3C2(Cl)c2ccccc21. The standard InChI is InChI=1S/C28H20Cl2N2O5/c1-14(23(33)31-16-12-10-15(11-13-16)26(36)37)32-24(34)21-22(25(32)35)28(30)18-7-3-2-6-17(18)27(21,29)19-8-4-5-9-20(19)28/h2-14,21-22H,1H3,(H,31,33)(H,36,37)/t14-,21-,22+,27?,28?/m0/s1. The molecule has 0 aromatic heterocycles. The maximum absolute atomic E-state index is 13.9. The summed E-state index contributed by atoms with van der Waals surface area (Å²) < 4.78 is 0. The molecule has 7 rings (SSSR count). The molecule has 3 aromatic rings. The predicted octanol–water partition coefficient (Wildman–Crippen LogP) is 4.31. The Balaban J connectivity index is 1.40. The molecule has 9 heteroatoms. The Kier molecular flexibility index (Phi) is 5.07. The first-order valence-corrected chi connectivity index (χ1v) is 12.5. The van der Waals surface area contributed by atoms with Crippen molar-refractivity contribution in [2.45, 2.75) is 22.7 Å². The average Bonchev–Trinajstić information content (AvgIpc) is 3.18. The molecule has 1 heterocycles. The molecule has 3 amide bonds. The normalized spacial score (nSPS) is 27.8. The van der Waals surface area contributed by atoms with Gasteiger partial charge in [0, 0.05) is 5.69 Å². The van der Waals surface area contributed by atoms with Crippen LogP contribution in [-0.4, -0.2) is 39.7 Å². The van der Waals surface area contributed by atoms with E-state index in [1.807, 2.05) is 48.5 Å². The van der Waals surface area contributed by atoms with E-state index in [0.29, 0.717) is 27.9 Å². The molecule has 1 fully saturated rings. The molecule has 0 spiro atoms. The van der Waals surface area contributed by atoms with Gasteiger partial charge in [-0.25, -0.2) is 4.79 Å². The molecular weight excluding hydrogens is 515 g/mol. The Bertz CT molecular complexity index is 1400. The first-order chi connectivity index (χ1) is 17.6. The number of hydrogen-bond acceptors (Lipinski definition) is 4. The zero-order valence-corrected chi connectivity index (χ0v) is 21.0. The van der Waals surface area contributed by atoms with Crippen LogP contribution in [0.25, 0.3) is 0 Å². The number of carbonyl (C=O) groups is 4. The van der Waals surface area contributed by atoms with Gasteiger partial charge in [-0.15, -0.1) is 23.2 Å². The summed E-state index contributed by atoms with van der Waals surface area (Å²) in [6, 6.07) is 19.1. The topological polar surface area (TPSA) is 104 Å². The van der Waals surface area contributed by atoms with Crippen LogP contribution >= 0.6 is 23.2 Å². The van der Waals surface area contributed by atoms with Crippen molar-refractivity contribution >= 4 is 52.6 Å². The van der Waals surface area contributed by atoms with E-state index >= 15 is 0 Å². The Hall–Kier alpha value is -3.68. The summed E-state index contributed by atoms with van der Waals surface area (Å²) in [7, 11) is 0.